The van der Waals surface area contributed by atoms with Gasteiger partial charge in [-0.2, -0.15) is 5.26 Å². The summed E-state index contributed by atoms with van der Waals surface area (Å²) in [5.41, 5.74) is 2.69. The molecule has 16 heavy (non-hydrogen) atoms. The van der Waals surface area contributed by atoms with E-state index >= 15 is 0 Å². The van der Waals surface area contributed by atoms with Crippen LogP contribution in [-0.2, 0) is 0 Å². The molecule has 0 unspecified atom stereocenters. The van der Waals surface area contributed by atoms with Crippen LogP contribution < -0.4 is 0 Å². The molecule has 1 aromatic heterocycles. The van der Waals surface area contributed by atoms with E-state index in [0.717, 1.165) is 11.4 Å². The van der Waals surface area contributed by atoms with Gasteiger partial charge in [0.2, 0.25) is 0 Å². The topological polar surface area (TPSA) is 41.6 Å². The summed E-state index contributed by atoms with van der Waals surface area (Å²) in [6.45, 7) is 4.22. The minimum atomic E-state index is 0.417. The van der Waals surface area contributed by atoms with Crippen LogP contribution in [0.1, 0.15) is 31.0 Å². The van der Waals surface area contributed by atoms with Gasteiger partial charge in [-0.1, -0.05) is 19.9 Å². The van der Waals surface area contributed by atoms with Crippen LogP contribution in [0.5, 0.6) is 0 Å². The zero-order chi connectivity index (χ0) is 11.5. The molecule has 0 amide bonds. The lowest BCUT2D eigenvalue weighted by Crippen LogP contribution is -1.91. The number of imidazole rings is 1. The zero-order valence-corrected chi connectivity index (χ0v) is 9.38. The molecule has 0 fully saturated rings. The molecule has 0 spiro atoms. The van der Waals surface area contributed by atoms with E-state index in [1.165, 1.54) is 0 Å². The molecule has 0 aliphatic carbocycles. The predicted molar refractivity (Wildman–Crippen MR) is 62.4 cm³/mol. The summed E-state index contributed by atoms with van der Waals surface area (Å²) in [6.07, 6.45) is 3.78. The molecule has 0 bridgehead atoms. The molecule has 2 aromatic rings. The maximum absolute atomic E-state index is 8.83. The maximum atomic E-state index is 8.83. The van der Waals surface area contributed by atoms with Crippen molar-refractivity contribution in [2.75, 3.05) is 0 Å². The first kappa shape index (κ1) is 10.4. The van der Waals surface area contributed by atoms with Crippen molar-refractivity contribution in [3.05, 3.63) is 48.0 Å². The Balaban J connectivity index is 2.39. The van der Waals surface area contributed by atoms with Gasteiger partial charge in [0.25, 0.3) is 0 Å². The van der Waals surface area contributed by atoms with Crippen molar-refractivity contribution in [3.63, 3.8) is 0 Å². The van der Waals surface area contributed by atoms with Crippen LogP contribution in [0.3, 0.4) is 0 Å². The van der Waals surface area contributed by atoms with E-state index in [1.807, 2.05) is 29.0 Å². The second-order valence-corrected chi connectivity index (χ2v) is 4.02. The Labute approximate surface area is 95.0 Å². The second kappa shape index (κ2) is 4.19. The van der Waals surface area contributed by atoms with Gasteiger partial charge < -0.3 is 4.57 Å². The van der Waals surface area contributed by atoms with Crippen LogP contribution in [-0.4, -0.2) is 9.55 Å². The van der Waals surface area contributed by atoms with E-state index < -0.39 is 0 Å². The van der Waals surface area contributed by atoms with Crippen molar-refractivity contribution in [1.29, 1.82) is 5.26 Å². The number of aromatic nitrogens is 2. The summed E-state index contributed by atoms with van der Waals surface area (Å²) in [6, 6.07) is 9.62. The maximum Gasteiger partial charge on any atom is 0.0995 e. The van der Waals surface area contributed by atoms with Gasteiger partial charge in [0, 0.05) is 11.9 Å². The van der Waals surface area contributed by atoms with Gasteiger partial charge in [-0.05, 0) is 24.1 Å². The molecule has 0 atom stereocenters. The summed E-state index contributed by atoms with van der Waals surface area (Å²) in [4.78, 5) is 4.33. The summed E-state index contributed by atoms with van der Waals surface area (Å²) >= 11 is 0. The molecule has 0 aliphatic rings. The number of nitriles is 1. The first-order valence-electron chi connectivity index (χ1n) is 5.25. The Morgan fingerprint density at radius 2 is 2.19 bits per heavy atom. The molecule has 3 heteroatoms. The quantitative estimate of drug-likeness (QED) is 0.766. The van der Waals surface area contributed by atoms with Crippen LogP contribution in [0.4, 0.5) is 0 Å². The number of rotatable bonds is 2. The van der Waals surface area contributed by atoms with Gasteiger partial charge in [-0.3, -0.25) is 0 Å². The number of hydrogen-bond donors (Lipinski definition) is 0. The third kappa shape index (κ3) is 1.96. The van der Waals surface area contributed by atoms with Crippen LogP contribution in [0.25, 0.3) is 5.69 Å². The van der Waals surface area contributed by atoms with E-state index in [9.17, 15) is 0 Å². The van der Waals surface area contributed by atoms with Crippen molar-refractivity contribution in [1.82, 2.24) is 9.55 Å². The lowest BCUT2D eigenvalue weighted by Gasteiger charge is -2.02. The van der Waals surface area contributed by atoms with Crippen molar-refractivity contribution in [2.24, 2.45) is 0 Å². The van der Waals surface area contributed by atoms with E-state index in [1.54, 1.807) is 12.4 Å². The third-order valence-electron chi connectivity index (χ3n) is 2.47. The highest BCUT2D eigenvalue weighted by Gasteiger charge is 2.04. The van der Waals surface area contributed by atoms with E-state index in [-0.39, 0.29) is 0 Å². The molecule has 0 radical (unpaired) electrons. The summed E-state index contributed by atoms with van der Waals surface area (Å²) < 4.78 is 1.94. The van der Waals surface area contributed by atoms with Gasteiger partial charge in [-0.25, -0.2) is 4.98 Å². The second-order valence-electron chi connectivity index (χ2n) is 4.02. The molecule has 3 nitrogen and oxygen atoms in total. The number of benzene rings is 1. The third-order valence-corrected chi connectivity index (χ3v) is 2.47. The molecule has 1 aromatic carbocycles. The monoisotopic (exact) mass is 211 g/mol. The van der Waals surface area contributed by atoms with Gasteiger partial charge in [0.05, 0.1) is 23.7 Å². The molecule has 1 heterocycles. The summed E-state index contributed by atoms with van der Waals surface area (Å²) in [7, 11) is 0. The van der Waals surface area contributed by atoms with Gasteiger partial charge in [0.15, 0.2) is 0 Å². The highest BCUT2D eigenvalue weighted by molar-refractivity contribution is 5.41. The molecule has 0 saturated heterocycles. The molecular weight excluding hydrogens is 198 g/mol. The molecule has 0 saturated carbocycles. The SMILES string of the molecule is CC(C)c1cn(-c2cccc(C#N)c2)cn1. The van der Waals surface area contributed by atoms with Crippen LogP contribution in [0, 0.1) is 11.3 Å². The van der Waals surface area contributed by atoms with Crippen molar-refractivity contribution in [3.8, 4) is 11.8 Å². The van der Waals surface area contributed by atoms with Crippen LogP contribution >= 0.6 is 0 Å². The van der Waals surface area contributed by atoms with Crippen LogP contribution in [0.2, 0.25) is 0 Å². The number of hydrogen-bond acceptors (Lipinski definition) is 2. The normalized spacial score (nSPS) is 10.4. The summed E-state index contributed by atoms with van der Waals surface area (Å²) in [5.74, 6) is 0.417. The Morgan fingerprint density at radius 3 is 2.81 bits per heavy atom. The lowest BCUT2D eigenvalue weighted by molar-refractivity contribution is 0.831. The first-order valence-corrected chi connectivity index (χ1v) is 5.25. The zero-order valence-electron chi connectivity index (χ0n) is 9.38. The van der Waals surface area contributed by atoms with E-state index in [0.29, 0.717) is 11.5 Å². The van der Waals surface area contributed by atoms with Crippen molar-refractivity contribution in [2.45, 2.75) is 19.8 Å². The van der Waals surface area contributed by atoms with Gasteiger partial charge >= 0.3 is 0 Å². The Hall–Kier alpha value is -2.08. The van der Waals surface area contributed by atoms with Crippen molar-refractivity contribution < 1.29 is 0 Å². The highest BCUT2D eigenvalue weighted by atomic mass is 15.0. The molecule has 0 N–H and O–H groups in total. The van der Waals surface area contributed by atoms with Gasteiger partial charge in [0.1, 0.15) is 0 Å². The Bertz CT molecular complexity index is 532. The Morgan fingerprint density at radius 1 is 1.38 bits per heavy atom. The molecular formula is C13H13N3. The fourth-order valence-electron chi connectivity index (χ4n) is 1.51. The molecule has 2 rings (SSSR count). The standard InChI is InChI=1S/C13H13N3/c1-10(2)13-8-16(9-15-13)12-5-3-4-11(6-12)7-14/h3-6,8-10H,1-2H3. The summed E-state index contributed by atoms with van der Waals surface area (Å²) in [5, 5.41) is 8.83. The minimum absolute atomic E-state index is 0.417. The average Bonchev–Trinajstić information content (AvgIpc) is 2.78. The first-order chi connectivity index (χ1) is 7.70. The average molecular weight is 211 g/mol. The lowest BCUT2D eigenvalue weighted by atomic mass is 10.1. The largest absolute Gasteiger partial charge is 0.306 e. The fraction of sp³-hybridized carbons (Fsp3) is 0.231. The Kier molecular flexibility index (Phi) is 2.74. The molecule has 80 valence electrons. The smallest absolute Gasteiger partial charge is 0.0995 e. The van der Waals surface area contributed by atoms with Gasteiger partial charge in [-0.15, -0.1) is 0 Å². The van der Waals surface area contributed by atoms with E-state index in [2.05, 4.69) is 24.9 Å². The van der Waals surface area contributed by atoms with Crippen LogP contribution in [0.15, 0.2) is 36.8 Å². The molecule has 0 aliphatic heterocycles. The highest BCUT2D eigenvalue weighted by Crippen LogP contribution is 2.15. The van der Waals surface area contributed by atoms with Crippen molar-refractivity contribution >= 4 is 0 Å². The predicted octanol–water partition coefficient (Wildman–Crippen LogP) is 2.87. The minimum Gasteiger partial charge on any atom is -0.306 e. The van der Waals surface area contributed by atoms with E-state index in [4.69, 9.17) is 5.26 Å². The number of nitrogens with zero attached hydrogens (tertiary/aromatic N) is 3. The fourth-order valence-corrected chi connectivity index (χ4v) is 1.51.